The fourth-order valence-electron chi connectivity index (χ4n) is 1.60. The lowest BCUT2D eigenvalue weighted by atomic mass is 10.1. The Morgan fingerprint density at radius 1 is 1.64 bits per heavy atom. The van der Waals surface area contributed by atoms with E-state index >= 15 is 0 Å². The average molecular weight is 259 g/mol. The molecule has 1 aromatic rings. The molecule has 0 amide bonds. The number of fused-ring (bicyclic) bond motifs is 1. The Balaban J connectivity index is 2.56. The van der Waals surface area contributed by atoms with Gasteiger partial charge < -0.3 is 0 Å². The second-order valence-corrected chi connectivity index (χ2v) is 5.58. The summed E-state index contributed by atoms with van der Waals surface area (Å²) in [6.07, 6.45) is 4.27. The van der Waals surface area contributed by atoms with Crippen molar-refractivity contribution in [1.82, 2.24) is 4.98 Å². The van der Waals surface area contributed by atoms with E-state index in [0.717, 1.165) is 6.42 Å². The van der Waals surface area contributed by atoms with Crippen LogP contribution in [0.1, 0.15) is 24.6 Å². The number of aromatic nitrogens is 1. The van der Waals surface area contributed by atoms with Crippen molar-refractivity contribution in [3.8, 4) is 0 Å². The number of hydrogen-bond acceptors (Lipinski definition) is 1. The third-order valence-corrected chi connectivity index (χ3v) is 3.40. The molecule has 11 heavy (non-hydrogen) atoms. The van der Waals surface area contributed by atoms with Crippen LogP contribution in [-0.4, -0.2) is 4.98 Å². The minimum Gasteiger partial charge on any atom is -0.261 e. The predicted octanol–water partition coefficient (Wildman–Crippen LogP) is 2.68. The summed E-state index contributed by atoms with van der Waals surface area (Å²) in [5.41, 5.74) is 2.73. The van der Waals surface area contributed by atoms with Gasteiger partial charge in [-0.3, -0.25) is 4.98 Å². The zero-order chi connectivity index (χ0) is 7.90. The SMILES string of the molecule is CC1(I)CCc2ncccc21. The van der Waals surface area contributed by atoms with Gasteiger partial charge in [0, 0.05) is 15.3 Å². The Labute approximate surface area is 80.4 Å². The van der Waals surface area contributed by atoms with Gasteiger partial charge in [0.15, 0.2) is 0 Å². The summed E-state index contributed by atoms with van der Waals surface area (Å²) in [5, 5.41) is 0. The molecular formula is C9H10IN. The molecule has 58 valence electrons. The summed E-state index contributed by atoms with van der Waals surface area (Å²) >= 11 is 2.52. The molecule has 0 fully saturated rings. The molecular weight excluding hydrogens is 249 g/mol. The van der Waals surface area contributed by atoms with Crippen molar-refractivity contribution < 1.29 is 0 Å². The van der Waals surface area contributed by atoms with Gasteiger partial charge in [-0.15, -0.1) is 0 Å². The second kappa shape index (κ2) is 2.44. The fraction of sp³-hybridized carbons (Fsp3) is 0.444. The van der Waals surface area contributed by atoms with E-state index in [1.54, 1.807) is 0 Å². The standard InChI is InChI=1S/C9H10IN/c1-9(10)5-4-8-7(9)3-2-6-11-8/h2-3,6H,4-5H2,1H3. The van der Waals surface area contributed by atoms with Gasteiger partial charge in [-0.2, -0.15) is 0 Å². The first-order chi connectivity index (χ1) is 5.20. The van der Waals surface area contributed by atoms with Gasteiger partial charge in [-0.25, -0.2) is 0 Å². The third kappa shape index (κ3) is 1.17. The zero-order valence-corrected chi connectivity index (χ0v) is 8.63. The maximum Gasteiger partial charge on any atom is 0.0464 e. The molecule has 0 N–H and O–H groups in total. The molecule has 0 saturated heterocycles. The number of rotatable bonds is 0. The highest BCUT2D eigenvalue weighted by atomic mass is 127. The van der Waals surface area contributed by atoms with Gasteiger partial charge in [0.05, 0.1) is 0 Å². The Morgan fingerprint density at radius 3 is 3.18 bits per heavy atom. The van der Waals surface area contributed by atoms with Crippen molar-refractivity contribution in [1.29, 1.82) is 0 Å². The van der Waals surface area contributed by atoms with Gasteiger partial charge in [0.25, 0.3) is 0 Å². The molecule has 1 aromatic heterocycles. The number of hydrogen-bond donors (Lipinski definition) is 0. The normalized spacial score (nSPS) is 28.5. The van der Waals surface area contributed by atoms with Crippen LogP contribution in [0.25, 0.3) is 0 Å². The molecule has 1 nitrogen and oxygen atoms in total. The molecule has 2 rings (SSSR count). The summed E-state index contributed by atoms with van der Waals surface area (Å²) < 4.78 is 0.335. The zero-order valence-electron chi connectivity index (χ0n) is 6.47. The predicted molar refractivity (Wildman–Crippen MR) is 53.9 cm³/mol. The molecule has 0 aliphatic heterocycles. The van der Waals surface area contributed by atoms with E-state index in [4.69, 9.17) is 0 Å². The first-order valence-corrected chi connectivity index (χ1v) is 4.91. The van der Waals surface area contributed by atoms with Crippen LogP contribution < -0.4 is 0 Å². The average Bonchev–Trinajstić information content (AvgIpc) is 2.29. The Hall–Kier alpha value is -0.120. The highest BCUT2D eigenvalue weighted by molar-refractivity contribution is 14.1. The molecule has 2 heteroatoms. The number of alkyl halides is 1. The van der Waals surface area contributed by atoms with E-state index < -0.39 is 0 Å². The van der Waals surface area contributed by atoms with Gasteiger partial charge in [-0.05, 0) is 31.4 Å². The highest BCUT2D eigenvalue weighted by Crippen LogP contribution is 2.42. The minimum atomic E-state index is 0.335. The van der Waals surface area contributed by atoms with E-state index in [1.807, 2.05) is 12.3 Å². The van der Waals surface area contributed by atoms with Crippen molar-refractivity contribution >= 4 is 22.6 Å². The molecule has 1 aliphatic rings. The van der Waals surface area contributed by atoms with Crippen molar-refractivity contribution in [2.75, 3.05) is 0 Å². The topological polar surface area (TPSA) is 12.9 Å². The maximum absolute atomic E-state index is 4.35. The van der Waals surface area contributed by atoms with Crippen LogP contribution in [0.5, 0.6) is 0 Å². The van der Waals surface area contributed by atoms with Crippen LogP contribution in [0, 0.1) is 0 Å². The Bertz CT molecular complexity index is 281. The van der Waals surface area contributed by atoms with E-state index in [9.17, 15) is 0 Å². The fourth-order valence-corrected chi connectivity index (χ4v) is 2.36. The Kier molecular flexibility index (Phi) is 1.67. The first kappa shape index (κ1) is 7.53. The molecule has 0 radical (unpaired) electrons. The van der Waals surface area contributed by atoms with Gasteiger partial charge in [-0.1, -0.05) is 28.7 Å². The quantitative estimate of drug-likeness (QED) is 0.515. The lowest BCUT2D eigenvalue weighted by molar-refractivity contribution is 0.715. The summed E-state index contributed by atoms with van der Waals surface area (Å²) in [6.45, 7) is 2.28. The summed E-state index contributed by atoms with van der Waals surface area (Å²) in [5.74, 6) is 0. The summed E-state index contributed by atoms with van der Waals surface area (Å²) in [4.78, 5) is 4.35. The molecule has 0 aromatic carbocycles. The van der Waals surface area contributed by atoms with E-state index in [1.165, 1.54) is 17.7 Å². The lowest BCUT2D eigenvalue weighted by Crippen LogP contribution is -2.06. The maximum atomic E-state index is 4.35. The van der Waals surface area contributed by atoms with Crippen LogP contribution in [0.3, 0.4) is 0 Å². The number of aryl methyl sites for hydroxylation is 1. The highest BCUT2D eigenvalue weighted by Gasteiger charge is 2.31. The number of halogens is 1. The molecule has 1 atom stereocenters. The van der Waals surface area contributed by atoms with Crippen molar-refractivity contribution in [3.05, 3.63) is 29.6 Å². The van der Waals surface area contributed by atoms with E-state index in [0.29, 0.717) is 3.42 Å². The van der Waals surface area contributed by atoms with Gasteiger partial charge in [0.1, 0.15) is 0 Å². The van der Waals surface area contributed by atoms with Crippen LogP contribution >= 0.6 is 22.6 Å². The van der Waals surface area contributed by atoms with Crippen molar-refractivity contribution in [2.45, 2.75) is 23.2 Å². The van der Waals surface area contributed by atoms with Crippen molar-refractivity contribution in [2.24, 2.45) is 0 Å². The van der Waals surface area contributed by atoms with Gasteiger partial charge >= 0.3 is 0 Å². The van der Waals surface area contributed by atoms with Crippen LogP contribution in [0.15, 0.2) is 18.3 Å². The smallest absolute Gasteiger partial charge is 0.0464 e. The molecule has 0 bridgehead atoms. The first-order valence-electron chi connectivity index (χ1n) is 3.83. The van der Waals surface area contributed by atoms with Crippen molar-refractivity contribution in [3.63, 3.8) is 0 Å². The largest absolute Gasteiger partial charge is 0.261 e. The second-order valence-electron chi connectivity index (χ2n) is 3.20. The Morgan fingerprint density at radius 2 is 2.45 bits per heavy atom. The summed E-state index contributed by atoms with van der Waals surface area (Å²) in [7, 11) is 0. The van der Waals surface area contributed by atoms with Crippen LogP contribution in [0.4, 0.5) is 0 Å². The van der Waals surface area contributed by atoms with Crippen LogP contribution in [0.2, 0.25) is 0 Å². The number of pyridine rings is 1. The number of nitrogens with zero attached hydrogens (tertiary/aromatic N) is 1. The third-order valence-electron chi connectivity index (χ3n) is 2.28. The summed E-state index contributed by atoms with van der Waals surface area (Å²) in [6, 6.07) is 4.23. The molecule has 0 saturated carbocycles. The molecule has 1 heterocycles. The van der Waals surface area contributed by atoms with Crippen LogP contribution in [-0.2, 0) is 9.84 Å². The van der Waals surface area contributed by atoms with E-state index in [2.05, 4.69) is 40.6 Å². The minimum absolute atomic E-state index is 0.335. The monoisotopic (exact) mass is 259 g/mol. The van der Waals surface area contributed by atoms with Gasteiger partial charge in [0.2, 0.25) is 0 Å². The molecule has 0 spiro atoms. The molecule has 1 unspecified atom stereocenters. The molecule has 1 aliphatic carbocycles. The van der Waals surface area contributed by atoms with E-state index in [-0.39, 0.29) is 0 Å². The lowest BCUT2D eigenvalue weighted by Gasteiger charge is -2.15.